The lowest BCUT2D eigenvalue weighted by Gasteiger charge is -2.40. The molecule has 0 radical (unpaired) electrons. The largest absolute Gasteiger partial charge is 0.454 e. The number of carbonyl (C=O) groups excluding carboxylic acids is 1. The highest BCUT2D eigenvalue weighted by Gasteiger charge is 2.29. The van der Waals surface area contributed by atoms with E-state index < -0.39 is 6.29 Å². The molecule has 7 heteroatoms. The van der Waals surface area contributed by atoms with Crippen LogP contribution in [0.1, 0.15) is 44.6 Å². The third kappa shape index (κ3) is 5.56. The van der Waals surface area contributed by atoms with Crippen molar-refractivity contribution in [2.45, 2.75) is 57.8 Å². The van der Waals surface area contributed by atoms with E-state index in [0.29, 0.717) is 6.04 Å². The SMILES string of the molecule is CC(OC(=O)N1CCC(N2CCCCC2)CC1)Oc1cccc2[nH]cc(CCN(C)C)c12. The van der Waals surface area contributed by atoms with Crippen molar-refractivity contribution in [3.63, 3.8) is 0 Å². The number of aromatic amines is 1. The van der Waals surface area contributed by atoms with Crippen LogP contribution < -0.4 is 4.74 Å². The lowest BCUT2D eigenvalue weighted by Crippen LogP contribution is -2.48. The van der Waals surface area contributed by atoms with E-state index in [0.717, 1.165) is 55.5 Å². The van der Waals surface area contributed by atoms with Crippen molar-refractivity contribution in [2.75, 3.05) is 46.8 Å². The minimum Gasteiger partial charge on any atom is -0.454 e. The summed E-state index contributed by atoms with van der Waals surface area (Å²) in [4.78, 5) is 22.7. The van der Waals surface area contributed by atoms with Crippen LogP contribution in [0.15, 0.2) is 24.4 Å². The quantitative estimate of drug-likeness (QED) is 0.655. The molecule has 2 aliphatic rings. The van der Waals surface area contributed by atoms with Crippen LogP contribution in [-0.4, -0.2) is 84.9 Å². The number of ether oxygens (including phenoxy) is 2. The summed E-state index contributed by atoms with van der Waals surface area (Å²) in [6.45, 7) is 6.69. The fourth-order valence-electron chi connectivity index (χ4n) is 4.98. The number of nitrogens with one attached hydrogen (secondary N) is 1. The molecule has 3 heterocycles. The molecule has 0 bridgehead atoms. The van der Waals surface area contributed by atoms with Crippen molar-refractivity contribution < 1.29 is 14.3 Å². The number of likely N-dealkylation sites (N-methyl/N-ethyl adjacent to an activating group) is 1. The number of hydrogen-bond donors (Lipinski definition) is 1. The zero-order chi connectivity index (χ0) is 22.5. The molecule has 2 aromatic rings. The van der Waals surface area contributed by atoms with Crippen molar-refractivity contribution in [3.05, 3.63) is 30.0 Å². The van der Waals surface area contributed by atoms with Crippen LogP contribution in [0.2, 0.25) is 0 Å². The number of nitrogens with zero attached hydrogens (tertiary/aromatic N) is 3. The second-order valence-electron chi connectivity index (χ2n) is 9.43. The van der Waals surface area contributed by atoms with Gasteiger partial charge in [-0.1, -0.05) is 12.5 Å². The van der Waals surface area contributed by atoms with Gasteiger partial charge in [0, 0.05) is 49.7 Å². The van der Waals surface area contributed by atoms with Gasteiger partial charge in [0.1, 0.15) is 5.75 Å². The maximum Gasteiger partial charge on any atom is 0.412 e. The van der Waals surface area contributed by atoms with Gasteiger partial charge in [0.05, 0.1) is 0 Å². The van der Waals surface area contributed by atoms with E-state index in [4.69, 9.17) is 9.47 Å². The van der Waals surface area contributed by atoms with Crippen LogP contribution in [0.5, 0.6) is 5.75 Å². The monoisotopic (exact) mass is 442 g/mol. The summed E-state index contributed by atoms with van der Waals surface area (Å²) in [7, 11) is 4.15. The molecule has 1 N–H and O–H groups in total. The van der Waals surface area contributed by atoms with E-state index in [1.54, 1.807) is 6.92 Å². The molecule has 1 aromatic carbocycles. The predicted octanol–water partition coefficient (Wildman–Crippen LogP) is 4.08. The Labute approximate surface area is 191 Å². The molecule has 1 amide bonds. The van der Waals surface area contributed by atoms with Crippen molar-refractivity contribution in [2.24, 2.45) is 0 Å². The molecular weight excluding hydrogens is 404 g/mol. The molecule has 176 valence electrons. The summed E-state index contributed by atoms with van der Waals surface area (Å²) in [6, 6.07) is 6.57. The zero-order valence-electron chi connectivity index (χ0n) is 19.8. The number of piperidine rings is 2. The predicted molar refractivity (Wildman–Crippen MR) is 127 cm³/mol. The lowest BCUT2D eigenvalue weighted by atomic mass is 10.0. The zero-order valence-corrected chi connectivity index (χ0v) is 19.8. The molecule has 4 rings (SSSR count). The molecule has 1 aromatic heterocycles. The average Bonchev–Trinajstić information content (AvgIpc) is 3.22. The van der Waals surface area contributed by atoms with Gasteiger partial charge < -0.3 is 29.2 Å². The van der Waals surface area contributed by atoms with Crippen molar-refractivity contribution in [1.82, 2.24) is 19.7 Å². The fourth-order valence-corrected chi connectivity index (χ4v) is 4.98. The van der Waals surface area contributed by atoms with E-state index in [1.807, 2.05) is 29.3 Å². The fraction of sp³-hybridized carbons (Fsp3) is 0.640. The summed E-state index contributed by atoms with van der Waals surface area (Å²) in [6.07, 6.45) is 8.08. The van der Waals surface area contributed by atoms with Crippen molar-refractivity contribution >= 4 is 17.0 Å². The van der Waals surface area contributed by atoms with Crippen LogP contribution in [0.4, 0.5) is 4.79 Å². The Morgan fingerprint density at radius 2 is 1.91 bits per heavy atom. The summed E-state index contributed by atoms with van der Waals surface area (Å²) in [5, 5.41) is 1.07. The number of carbonyl (C=O) groups is 1. The third-order valence-corrected chi connectivity index (χ3v) is 6.77. The summed E-state index contributed by atoms with van der Waals surface area (Å²) >= 11 is 0. The van der Waals surface area contributed by atoms with Gasteiger partial charge in [-0.05, 0) is 77.0 Å². The topological polar surface area (TPSA) is 61.0 Å². The van der Waals surface area contributed by atoms with Gasteiger partial charge in [0.25, 0.3) is 0 Å². The van der Waals surface area contributed by atoms with E-state index in [1.165, 1.54) is 37.9 Å². The van der Waals surface area contributed by atoms with Crippen molar-refractivity contribution in [3.8, 4) is 5.75 Å². The highest BCUT2D eigenvalue weighted by atomic mass is 16.7. The smallest absolute Gasteiger partial charge is 0.412 e. The first-order valence-electron chi connectivity index (χ1n) is 12.1. The molecule has 32 heavy (non-hydrogen) atoms. The molecule has 2 fully saturated rings. The van der Waals surface area contributed by atoms with Gasteiger partial charge >= 0.3 is 6.09 Å². The highest BCUT2D eigenvalue weighted by molar-refractivity contribution is 5.89. The first-order valence-corrected chi connectivity index (χ1v) is 12.1. The highest BCUT2D eigenvalue weighted by Crippen LogP contribution is 2.30. The lowest BCUT2D eigenvalue weighted by molar-refractivity contribution is -0.0372. The number of hydrogen-bond acceptors (Lipinski definition) is 5. The Morgan fingerprint density at radius 3 is 2.62 bits per heavy atom. The molecular formula is C25H38N4O3. The van der Waals surface area contributed by atoms with Gasteiger partial charge in [0.15, 0.2) is 0 Å². The van der Waals surface area contributed by atoms with E-state index >= 15 is 0 Å². The second-order valence-corrected chi connectivity index (χ2v) is 9.43. The standard InChI is InChI=1S/C25H38N4O3/c1-19(31-23-9-7-8-22-24(23)20(18-26-22)10-15-27(2)3)32-25(30)29-16-11-21(12-17-29)28-13-5-4-6-14-28/h7-9,18-19,21,26H,4-6,10-17H2,1-3H3. The van der Waals surface area contributed by atoms with Gasteiger partial charge in [-0.2, -0.15) is 0 Å². The summed E-state index contributed by atoms with van der Waals surface area (Å²) < 4.78 is 11.8. The van der Waals surface area contributed by atoms with Crippen LogP contribution in [0, 0.1) is 0 Å². The van der Waals surface area contributed by atoms with Crippen LogP contribution >= 0.6 is 0 Å². The Kier molecular flexibility index (Phi) is 7.58. The maximum absolute atomic E-state index is 12.7. The van der Waals surface area contributed by atoms with Crippen LogP contribution in [0.3, 0.4) is 0 Å². The molecule has 1 unspecified atom stereocenters. The number of fused-ring (bicyclic) bond motifs is 1. The number of benzene rings is 1. The molecule has 0 spiro atoms. The number of amides is 1. The van der Waals surface area contributed by atoms with Gasteiger partial charge in [-0.3, -0.25) is 0 Å². The van der Waals surface area contributed by atoms with Crippen molar-refractivity contribution in [1.29, 1.82) is 0 Å². The van der Waals surface area contributed by atoms with E-state index in [9.17, 15) is 4.79 Å². The maximum atomic E-state index is 12.7. The Bertz CT molecular complexity index is 882. The van der Waals surface area contributed by atoms with Crippen LogP contribution in [-0.2, 0) is 11.2 Å². The summed E-state index contributed by atoms with van der Waals surface area (Å²) in [5.74, 6) is 0.751. The minimum atomic E-state index is -0.649. The number of rotatable bonds is 7. The normalized spacial score (nSPS) is 19.4. The molecule has 2 saturated heterocycles. The number of H-pyrrole nitrogens is 1. The molecule has 0 aliphatic carbocycles. The molecule has 0 saturated carbocycles. The molecule has 1 atom stereocenters. The van der Waals surface area contributed by atoms with Crippen LogP contribution in [0.25, 0.3) is 10.9 Å². The number of likely N-dealkylation sites (tertiary alicyclic amines) is 2. The minimum absolute atomic E-state index is 0.274. The Morgan fingerprint density at radius 1 is 1.16 bits per heavy atom. The average molecular weight is 443 g/mol. The van der Waals surface area contributed by atoms with Gasteiger partial charge in [-0.25, -0.2) is 4.79 Å². The van der Waals surface area contributed by atoms with Gasteiger partial charge in [-0.15, -0.1) is 0 Å². The second kappa shape index (κ2) is 10.6. The summed E-state index contributed by atoms with van der Waals surface area (Å²) in [5.41, 5.74) is 2.25. The third-order valence-electron chi connectivity index (χ3n) is 6.77. The Balaban J connectivity index is 1.32. The first kappa shape index (κ1) is 22.9. The first-order chi connectivity index (χ1) is 15.5. The molecule has 7 nitrogen and oxygen atoms in total. The van der Waals surface area contributed by atoms with Gasteiger partial charge in [0.2, 0.25) is 6.29 Å². The van der Waals surface area contributed by atoms with E-state index in [-0.39, 0.29) is 6.09 Å². The number of aromatic nitrogens is 1. The Hall–Kier alpha value is -2.25. The molecule has 2 aliphatic heterocycles. The van der Waals surface area contributed by atoms with E-state index in [2.05, 4.69) is 28.9 Å².